The molecule has 7 heteroatoms. The summed E-state index contributed by atoms with van der Waals surface area (Å²) in [5, 5.41) is 2.78. The second-order valence-electron chi connectivity index (χ2n) is 5.49. The van der Waals surface area contributed by atoms with Crippen LogP contribution >= 0.6 is 22.9 Å². The largest absolute Gasteiger partial charge is 0.298 e. The summed E-state index contributed by atoms with van der Waals surface area (Å²) in [7, 11) is 0. The first kappa shape index (κ1) is 17.5. The molecular formula is C18H13ClF2N2OS. The molecule has 0 saturated carbocycles. The molecule has 0 fully saturated rings. The van der Waals surface area contributed by atoms with Gasteiger partial charge >= 0.3 is 0 Å². The van der Waals surface area contributed by atoms with Crippen LogP contribution in [-0.2, 0) is 0 Å². The van der Waals surface area contributed by atoms with E-state index in [0.29, 0.717) is 5.13 Å². The summed E-state index contributed by atoms with van der Waals surface area (Å²) in [4.78, 5) is 17.6. The van der Waals surface area contributed by atoms with Crippen LogP contribution in [-0.4, -0.2) is 10.9 Å². The van der Waals surface area contributed by atoms with Crippen molar-refractivity contribution in [1.82, 2.24) is 4.98 Å². The molecule has 0 spiro atoms. The van der Waals surface area contributed by atoms with Gasteiger partial charge in [-0.15, -0.1) is 11.3 Å². The van der Waals surface area contributed by atoms with Gasteiger partial charge in [-0.25, -0.2) is 13.8 Å². The molecule has 0 aliphatic heterocycles. The number of halogens is 3. The van der Waals surface area contributed by atoms with Crippen molar-refractivity contribution < 1.29 is 13.6 Å². The van der Waals surface area contributed by atoms with Crippen LogP contribution in [0.5, 0.6) is 0 Å². The van der Waals surface area contributed by atoms with Gasteiger partial charge in [-0.3, -0.25) is 10.1 Å². The van der Waals surface area contributed by atoms with Crippen LogP contribution in [0, 0.1) is 25.5 Å². The zero-order chi connectivity index (χ0) is 18.1. The number of hydrogen-bond acceptors (Lipinski definition) is 3. The summed E-state index contributed by atoms with van der Waals surface area (Å²) < 4.78 is 26.5. The van der Waals surface area contributed by atoms with E-state index < -0.39 is 17.5 Å². The van der Waals surface area contributed by atoms with Crippen LogP contribution in [0.25, 0.3) is 11.3 Å². The standard InChI is InChI=1S/C18H13ClF2N2OS/c1-9-3-5-11(6-4-9)16-10(2)25-18(22-16)23-17(24)12-7-14(20)15(21)8-13(12)19/h3-8H,1-2H3,(H,22,23,24). The maximum atomic E-state index is 13.4. The Morgan fingerprint density at radius 2 is 1.76 bits per heavy atom. The molecular weight excluding hydrogens is 366 g/mol. The van der Waals surface area contributed by atoms with Crippen LogP contribution in [0.1, 0.15) is 20.8 Å². The number of aromatic nitrogens is 1. The van der Waals surface area contributed by atoms with E-state index in [2.05, 4.69) is 10.3 Å². The van der Waals surface area contributed by atoms with Gasteiger partial charge in [0.25, 0.3) is 5.91 Å². The summed E-state index contributed by atoms with van der Waals surface area (Å²) in [6.07, 6.45) is 0. The highest BCUT2D eigenvalue weighted by Crippen LogP contribution is 2.31. The highest BCUT2D eigenvalue weighted by atomic mass is 35.5. The fourth-order valence-corrected chi connectivity index (χ4v) is 3.36. The predicted molar refractivity (Wildman–Crippen MR) is 96.3 cm³/mol. The molecule has 1 heterocycles. The molecule has 0 aliphatic carbocycles. The number of rotatable bonds is 3. The van der Waals surface area contributed by atoms with Gasteiger partial charge in [0.15, 0.2) is 16.8 Å². The molecule has 128 valence electrons. The van der Waals surface area contributed by atoms with Gasteiger partial charge in [-0.1, -0.05) is 41.4 Å². The molecule has 0 aliphatic rings. The highest BCUT2D eigenvalue weighted by Gasteiger charge is 2.17. The number of hydrogen-bond donors (Lipinski definition) is 1. The van der Waals surface area contributed by atoms with Crippen molar-refractivity contribution in [3.63, 3.8) is 0 Å². The third-order valence-corrected chi connectivity index (χ3v) is 4.80. The van der Waals surface area contributed by atoms with Crippen molar-refractivity contribution in [2.24, 2.45) is 0 Å². The van der Waals surface area contributed by atoms with Gasteiger partial charge in [0, 0.05) is 10.4 Å². The molecule has 25 heavy (non-hydrogen) atoms. The van der Waals surface area contributed by atoms with E-state index in [1.165, 1.54) is 11.3 Å². The Morgan fingerprint density at radius 3 is 2.44 bits per heavy atom. The maximum absolute atomic E-state index is 13.4. The van der Waals surface area contributed by atoms with Crippen LogP contribution in [0.4, 0.5) is 13.9 Å². The molecule has 3 rings (SSSR count). The number of amides is 1. The van der Waals surface area contributed by atoms with E-state index in [1.54, 1.807) is 0 Å². The lowest BCUT2D eigenvalue weighted by Gasteiger charge is -2.05. The quantitative estimate of drug-likeness (QED) is 0.602. The predicted octanol–water partition coefficient (Wildman–Crippen LogP) is 5.61. The highest BCUT2D eigenvalue weighted by molar-refractivity contribution is 7.16. The average Bonchev–Trinajstić information content (AvgIpc) is 2.92. The first-order valence-corrected chi connectivity index (χ1v) is 8.55. The average molecular weight is 379 g/mol. The lowest BCUT2D eigenvalue weighted by molar-refractivity contribution is 0.102. The third-order valence-electron chi connectivity index (χ3n) is 3.60. The lowest BCUT2D eigenvalue weighted by atomic mass is 10.1. The summed E-state index contributed by atoms with van der Waals surface area (Å²) in [5.74, 6) is -2.88. The van der Waals surface area contributed by atoms with Crippen LogP contribution < -0.4 is 5.32 Å². The van der Waals surface area contributed by atoms with Gasteiger partial charge in [-0.2, -0.15) is 0 Å². The molecule has 0 bridgehead atoms. The van der Waals surface area contributed by atoms with Crippen molar-refractivity contribution in [3.05, 3.63) is 69.1 Å². The van der Waals surface area contributed by atoms with Crippen LogP contribution in [0.3, 0.4) is 0 Å². The van der Waals surface area contributed by atoms with Crippen LogP contribution in [0.2, 0.25) is 5.02 Å². The molecule has 3 aromatic rings. The molecule has 0 unspecified atom stereocenters. The fourth-order valence-electron chi connectivity index (χ4n) is 2.29. The number of anilines is 1. The Balaban J connectivity index is 1.87. The number of nitrogens with one attached hydrogen (secondary N) is 1. The van der Waals surface area contributed by atoms with Crippen molar-refractivity contribution in [3.8, 4) is 11.3 Å². The van der Waals surface area contributed by atoms with E-state index in [-0.39, 0.29) is 10.6 Å². The second-order valence-corrected chi connectivity index (χ2v) is 7.10. The van der Waals surface area contributed by atoms with Crippen molar-refractivity contribution in [1.29, 1.82) is 0 Å². The Labute approximate surface area is 152 Å². The Morgan fingerprint density at radius 1 is 1.12 bits per heavy atom. The Kier molecular flexibility index (Phi) is 4.83. The number of benzene rings is 2. The molecule has 3 nitrogen and oxygen atoms in total. The number of carbonyl (C=O) groups excluding carboxylic acids is 1. The van der Waals surface area contributed by atoms with Gasteiger partial charge in [-0.05, 0) is 26.0 Å². The SMILES string of the molecule is Cc1ccc(-c2nc(NC(=O)c3cc(F)c(F)cc3Cl)sc2C)cc1. The number of nitrogens with zero attached hydrogens (tertiary/aromatic N) is 1. The first-order chi connectivity index (χ1) is 11.8. The van der Waals surface area contributed by atoms with Crippen LogP contribution in [0.15, 0.2) is 36.4 Å². The van der Waals surface area contributed by atoms with E-state index >= 15 is 0 Å². The van der Waals surface area contributed by atoms with E-state index in [4.69, 9.17) is 11.6 Å². The lowest BCUT2D eigenvalue weighted by Crippen LogP contribution is -2.13. The van der Waals surface area contributed by atoms with Crippen molar-refractivity contribution in [2.45, 2.75) is 13.8 Å². The zero-order valence-electron chi connectivity index (χ0n) is 13.4. The Bertz CT molecular complexity index is 954. The minimum atomic E-state index is -1.13. The summed E-state index contributed by atoms with van der Waals surface area (Å²) in [6.45, 7) is 3.89. The minimum Gasteiger partial charge on any atom is -0.298 e. The third kappa shape index (κ3) is 3.70. The maximum Gasteiger partial charge on any atom is 0.259 e. The summed E-state index contributed by atoms with van der Waals surface area (Å²) in [5.41, 5.74) is 2.69. The molecule has 1 N–H and O–H groups in total. The van der Waals surface area contributed by atoms with Gasteiger partial charge < -0.3 is 0 Å². The summed E-state index contributed by atoms with van der Waals surface area (Å²) in [6, 6.07) is 9.41. The molecule has 1 aromatic heterocycles. The first-order valence-electron chi connectivity index (χ1n) is 7.35. The monoisotopic (exact) mass is 378 g/mol. The second kappa shape index (κ2) is 6.90. The topological polar surface area (TPSA) is 42.0 Å². The van der Waals surface area contributed by atoms with Gasteiger partial charge in [0.2, 0.25) is 0 Å². The van der Waals surface area contributed by atoms with Gasteiger partial charge in [0.05, 0.1) is 16.3 Å². The molecule has 2 aromatic carbocycles. The number of aryl methyl sites for hydroxylation is 2. The van der Waals surface area contributed by atoms with Gasteiger partial charge in [0.1, 0.15) is 0 Å². The molecule has 1 amide bonds. The summed E-state index contributed by atoms with van der Waals surface area (Å²) >= 11 is 7.12. The van der Waals surface area contributed by atoms with E-state index in [9.17, 15) is 13.6 Å². The normalized spacial score (nSPS) is 10.8. The number of thiazole rings is 1. The van der Waals surface area contributed by atoms with Crippen molar-refractivity contribution in [2.75, 3.05) is 5.32 Å². The van der Waals surface area contributed by atoms with E-state index in [1.807, 2.05) is 38.1 Å². The van der Waals surface area contributed by atoms with E-state index in [0.717, 1.165) is 33.8 Å². The Hall–Kier alpha value is -2.31. The fraction of sp³-hybridized carbons (Fsp3) is 0.111. The van der Waals surface area contributed by atoms with Crippen molar-refractivity contribution >= 4 is 34.0 Å². The molecule has 0 radical (unpaired) electrons. The minimum absolute atomic E-state index is 0.148. The number of carbonyl (C=O) groups is 1. The smallest absolute Gasteiger partial charge is 0.259 e. The zero-order valence-corrected chi connectivity index (χ0v) is 14.9. The molecule has 0 saturated heterocycles. The molecule has 0 atom stereocenters.